The minimum atomic E-state index is -4.11. The molecule has 0 aliphatic carbocycles. The predicted octanol–water partition coefficient (Wildman–Crippen LogP) is 2.65. The molecule has 0 bridgehead atoms. The van der Waals surface area contributed by atoms with Gasteiger partial charge < -0.3 is 0 Å². The lowest BCUT2D eigenvalue weighted by molar-refractivity contribution is 0.483. The largest absolute Gasteiger partial charge is 0.294 e. The highest BCUT2D eigenvalue weighted by molar-refractivity contribution is 7.85. The van der Waals surface area contributed by atoms with Crippen LogP contribution in [0.15, 0.2) is 41.3 Å². The van der Waals surface area contributed by atoms with Crippen molar-refractivity contribution in [2.75, 3.05) is 0 Å². The smallest absolute Gasteiger partial charge is 0.282 e. The number of aryl methyl sites for hydroxylation is 1. The molecule has 0 spiro atoms. The number of benzene rings is 2. The molecule has 0 heterocycles. The molecular weight excluding hydrogens is 224 g/mol. The standard InChI is InChI=1S/C12H12O3S/c1-2-9-3-4-11-8-12(16(13,14)15)6-5-10(11)7-9/h3-8H,2H2,1H3,(H,13,14,15). The topological polar surface area (TPSA) is 54.4 Å². The van der Waals surface area contributed by atoms with E-state index in [-0.39, 0.29) is 4.90 Å². The second-order valence-electron chi connectivity index (χ2n) is 3.67. The van der Waals surface area contributed by atoms with E-state index in [4.69, 9.17) is 4.55 Å². The van der Waals surface area contributed by atoms with Gasteiger partial charge in [0.2, 0.25) is 0 Å². The van der Waals surface area contributed by atoms with E-state index in [1.165, 1.54) is 17.7 Å². The van der Waals surface area contributed by atoms with Crippen molar-refractivity contribution in [1.82, 2.24) is 0 Å². The average Bonchev–Trinajstić information content (AvgIpc) is 2.26. The highest BCUT2D eigenvalue weighted by Crippen LogP contribution is 2.20. The van der Waals surface area contributed by atoms with E-state index in [0.29, 0.717) is 0 Å². The predicted molar refractivity (Wildman–Crippen MR) is 63.1 cm³/mol. The summed E-state index contributed by atoms with van der Waals surface area (Å²) in [4.78, 5) is -0.0655. The van der Waals surface area contributed by atoms with Crippen LogP contribution in [0.3, 0.4) is 0 Å². The SMILES string of the molecule is CCc1ccc2cc(S(=O)(=O)O)ccc2c1. The first-order valence-electron chi connectivity index (χ1n) is 5.01. The first kappa shape index (κ1) is 11.1. The molecule has 0 amide bonds. The Hall–Kier alpha value is -1.39. The Bertz CT molecular complexity index is 630. The van der Waals surface area contributed by atoms with Crippen molar-refractivity contribution in [3.05, 3.63) is 42.0 Å². The fourth-order valence-corrected chi connectivity index (χ4v) is 2.17. The second-order valence-corrected chi connectivity index (χ2v) is 5.09. The molecule has 16 heavy (non-hydrogen) atoms. The van der Waals surface area contributed by atoms with Gasteiger partial charge in [-0.15, -0.1) is 0 Å². The van der Waals surface area contributed by atoms with Gasteiger partial charge in [-0.3, -0.25) is 4.55 Å². The number of fused-ring (bicyclic) bond motifs is 1. The Labute approximate surface area is 94.5 Å². The van der Waals surface area contributed by atoms with Crippen LogP contribution in [0.2, 0.25) is 0 Å². The van der Waals surface area contributed by atoms with E-state index in [0.717, 1.165) is 17.2 Å². The van der Waals surface area contributed by atoms with E-state index >= 15 is 0 Å². The lowest BCUT2D eigenvalue weighted by Crippen LogP contribution is -1.97. The summed E-state index contributed by atoms with van der Waals surface area (Å²) in [5.74, 6) is 0. The van der Waals surface area contributed by atoms with Gasteiger partial charge in [-0.05, 0) is 34.9 Å². The molecule has 0 radical (unpaired) electrons. The summed E-state index contributed by atoms with van der Waals surface area (Å²) in [7, 11) is -4.11. The summed E-state index contributed by atoms with van der Waals surface area (Å²) < 4.78 is 30.8. The molecule has 2 aromatic rings. The average molecular weight is 236 g/mol. The zero-order chi connectivity index (χ0) is 11.8. The minimum absolute atomic E-state index is 0.0655. The number of hydrogen-bond donors (Lipinski definition) is 1. The van der Waals surface area contributed by atoms with Gasteiger partial charge in [-0.2, -0.15) is 8.42 Å². The maximum Gasteiger partial charge on any atom is 0.294 e. The molecule has 3 nitrogen and oxygen atoms in total. The van der Waals surface area contributed by atoms with Crippen LogP contribution in [0.4, 0.5) is 0 Å². The van der Waals surface area contributed by atoms with E-state index in [1.54, 1.807) is 6.07 Å². The summed E-state index contributed by atoms with van der Waals surface area (Å²) in [6, 6.07) is 10.4. The van der Waals surface area contributed by atoms with Crippen LogP contribution in [-0.2, 0) is 16.5 Å². The molecule has 0 unspecified atom stereocenters. The van der Waals surface area contributed by atoms with Gasteiger partial charge in [0, 0.05) is 0 Å². The quantitative estimate of drug-likeness (QED) is 0.815. The van der Waals surface area contributed by atoms with Crippen LogP contribution < -0.4 is 0 Å². The first-order valence-corrected chi connectivity index (χ1v) is 6.45. The molecule has 4 heteroatoms. The Morgan fingerprint density at radius 1 is 1.06 bits per heavy atom. The molecule has 1 N–H and O–H groups in total. The summed E-state index contributed by atoms with van der Waals surface area (Å²) >= 11 is 0. The lowest BCUT2D eigenvalue weighted by atomic mass is 10.1. The van der Waals surface area contributed by atoms with E-state index in [2.05, 4.69) is 6.92 Å². The van der Waals surface area contributed by atoms with Gasteiger partial charge in [-0.25, -0.2) is 0 Å². The van der Waals surface area contributed by atoms with Gasteiger partial charge in [0.15, 0.2) is 0 Å². The summed E-state index contributed by atoms with van der Waals surface area (Å²) in [6.45, 7) is 2.06. The van der Waals surface area contributed by atoms with Gasteiger partial charge in [0.1, 0.15) is 0 Å². The fourth-order valence-electron chi connectivity index (χ4n) is 1.65. The van der Waals surface area contributed by atoms with Gasteiger partial charge in [0.25, 0.3) is 10.1 Å². The minimum Gasteiger partial charge on any atom is -0.282 e. The zero-order valence-electron chi connectivity index (χ0n) is 8.84. The van der Waals surface area contributed by atoms with Crippen molar-refractivity contribution in [2.45, 2.75) is 18.2 Å². The fraction of sp³-hybridized carbons (Fsp3) is 0.167. The van der Waals surface area contributed by atoms with Crippen LogP contribution in [0.25, 0.3) is 10.8 Å². The molecule has 0 saturated carbocycles. The highest BCUT2D eigenvalue weighted by atomic mass is 32.2. The van der Waals surface area contributed by atoms with Gasteiger partial charge in [-0.1, -0.05) is 31.2 Å². The van der Waals surface area contributed by atoms with Crippen LogP contribution in [-0.4, -0.2) is 13.0 Å². The van der Waals surface area contributed by atoms with Crippen molar-refractivity contribution in [1.29, 1.82) is 0 Å². The first-order chi connectivity index (χ1) is 7.50. The molecule has 0 saturated heterocycles. The monoisotopic (exact) mass is 236 g/mol. The van der Waals surface area contributed by atoms with E-state index < -0.39 is 10.1 Å². The Morgan fingerprint density at radius 2 is 1.69 bits per heavy atom. The molecule has 0 fully saturated rings. The number of hydrogen-bond acceptors (Lipinski definition) is 2. The van der Waals surface area contributed by atoms with Crippen LogP contribution in [0.1, 0.15) is 12.5 Å². The molecule has 2 aromatic carbocycles. The third-order valence-corrected chi connectivity index (χ3v) is 3.43. The Morgan fingerprint density at radius 3 is 2.31 bits per heavy atom. The van der Waals surface area contributed by atoms with Crippen molar-refractivity contribution in [2.24, 2.45) is 0 Å². The summed E-state index contributed by atoms with van der Waals surface area (Å²) in [6.07, 6.45) is 0.940. The molecule has 0 aliphatic rings. The highest BCUT2D eigenvalue weighted by Gasteiger charge is 2.09. The molecule has 84 valence electrons. The van der Waals surface area contributed by atoms with E-state index in [1.807, 2.05) is 18.2 Å². The van der Waals surface area contributed by atoms with Crippen LogP contribution in [0.5, 0.6) is 0 Å². The lowest BCUT2D eigenvalue weighted by Gasteiger charge is -2.03. The molecule has 0 atom stereocenters. The normalized spacial score (nSPS) is 11.9. The van der Waals surface area contributed by atoms with Gasteiger partial charge in [0.05, 0.1) is 4.90 Å². The van der Waals surface area contributed by atoms with Gasteiger partial charge >= 0.3 is 0 Å². The Kier molecular flexibility index (Phi) is 2.69. The van der Waals surface area contributed by atoms with Crippen LogP contribution >= 0.6 is 0 Å². The third-order valence-electron chi connectivity index (χ3n) is 2.58. The third kappa shape index (κ3) is 2.08. The van der Waals surface area contributed by atoms with Crippen molar-refractivity contribution >= 4 is 20.9 Å². The summed E-state index contributed by atoms with van der Waals surface area (Å²) in [5, 5.41) is 1.79. The number of rotatable bonds is 2. The maximum absolute atomic E-state index is 11.0. The molecular formula is C12H12O3S. The zero-order valence-corrected chi connectivity index (χ0v) is 9.66. The molecule has 0 aromatic heterocycles. The van der Waals surface area contributed by atoms with E-state index in [9.17, 15) is 8.42 Å². The maximum atomic E-state index is 11.0. The second kappa shape index (κ2) is 3.88. The van der Waals surface area contributed by atoms with Crippen molar-refractivity contribution in [3.63, 3.8) is 0 Å². The molecule has 0 aliphatic heterocycles. The van der Waals surface area contributed by atoms with Crippen molar-refractivity contribution in [3.8, 4) is 0 Å². The Balaban J connectivity index is 2.65. The van der Waals surface area contributed by atoms with Crippen LogP contribution in [0, 0.1) is 0 Å². The summed E-state index contributed by atoms with van der Waals surface area (Å²) in [5.41, 5.74) is 1.20. The molecule has 2 rings (SSSR count). The van der Waals surface area contributed by atoms with Crippen molar-refractivity contribution < 1.29 is 13.0 Å².